The number of benzene rings is 1. The molecule has 1 aliphatic carbocycles. The van der Waals surface area contributed by atoms with Crippen LogP contribution in [0.5, 0.6) is 0 Å². The summed E-state index contributed by atoms with van der Waals surface area (Å²) in [5.74, 6) is 3.25. The Morgan fingerprint density at radius 2 is 2.00 bits per heavy atom. The van der Waals surface area contributed by atoms with Crippen LogP contribution in [0.25, 0.3) is 0 Å². The number of hydrogen-bond acceptors (Lipinski definition) is 2. The summed E-state index contributed by atoms with van der Waals surface area (Å²) in [6, 6.07) is 11.0. The predicted molar refractivity (Wildman–Crippen MR) is 85.0 cm³/mol. The normalized spacial score (nSPS) is 23.0. The van der Waals surface area contributed by atoms with Crippen molar-refractivity contribution in [1.29, 1.82) is 0 Å². The fourth-order valence-corrected chi connectivity index (χ4v) is 3.30. The number of hydrogen-bond donors (Lipinski definition) is 1. The van der Waals surface area contributed by atoms with E-state index in [1.807, 2.05) is 0 Å². The molecule has 2 rings (SSSR count). The maximum Gasteiger partial charge on any atom is 0.0587 e. The van der Waals surface area contributed by atoms with Gasteiger partial charge in [-0.15, -0.1) is 0 Å². The zero-order chi connectivity index (χ0) is 14.4. The zero-order valence-corrected chi connectivity index (χ0v) is 13.1. The van der Waals surface area contributed by atoms with E-state index in [-0.39, 0.29) is 0 Å². The summed E-state index contributed by atoms with van der Waals surface area (Å²) >= 11 is 0. The molecular formula is C18H29NO. The Balaban J connectivity index is 1.85. The van der Waals surface area contributed by atoms with Crippen LogP contribution in [0.4, 0.5) is 0 Å². The topological polar surface area (TPSA) is 21.3 Å². The standard InChI is InChI=1S/C18H29NO/c1-14(2)11-16(13-19-9-10-20-3)18-12-17(18)15-7-5-4-6-8-15/h4-8,14,16-19H,9-13H2,1-3H3. The van der Waals surface area contributed by atoms with Gasteiger partial charge in [-0.3, -0.25) is 0 Å². The van der Waals surface area contributed by atoms with Crippen molar-refractivity contribution in [1.82, 2.24) is 5.32 Å². The minimum absolute atomic E-state index is 0.779. The van der Waals surface area contributed by atoms with Crippen molar-refractivity contribution in [2.75, 3.05) is 26.8 Å². The summed E-state index contributed by atoms with van der Waals surface area (Å²) in [4.78, 5) is 0. The van der Waals surface area contributed by atoms with Gasteiger partial charge in [-0.25, -0.2) is 0 Å². The molecular weight excluding hydrogens is 246 g/mol. The van der Waals surface area contributed by atoms with Gasteiger partial charge in [0.25, 0.3) is 0 Å². The third-order valence-electron chi connectivity index (χ3n) is 4.34. The molecule has 3 unspecified atom stereocenters. The van der Waals surface area contributed by atoms with Gasteiger partial charge >= 0.3 is 0 Å². The second-order valence-electron chi connectivity index (χ2n) is 6.50. The quantitative estimate of drug-likeness (QED) is 0.694. The average molecular weight is 275 g/mol. The monoisotopic (exact) mass is 275 g/mol. The molecule has 112 valence electrons. The summed E-state index contributed by atoms with van der Waals surface area (Å²) in [5.41, 5.74) is 1.53. The molecule has 20 heavy (non-hydrogen) atoms. The number of ether oxygens (including phenoxy) is 1. The Kier molecular flexibility index (Phi) is 6.06. The highest BCUT2D eigenvalue weighted by molar-refractivity contribution is 5.26. The van der Waals surface area contributed by atoms with Crippen LogP contribution >= 0.6 is 0 Å². The fraction of sp³-hybridized carbons (Fsp3) is 0.667. The van der Waals surface area contributed by atoms with Gasteiger partial charge in [-0.05, 0) is 48.6 Å². The highest BCUT2D eigenvalue weighted by Gasteiger charge is 2.43. The van der Waals surface area contributed by atoms with E-state index in [0.29, 0.717) is 0 Å². The summed E-state index contributed by atoms with van der Waals surface area (Å²) in [6.07, 6.45) is 2.70. The highest BCUT2D eigenvalue weighted by Crippen LogP contribution is 2.53. The van der Waals surface area contributed by atoms with E-state index in [9.17, 15) is 0 Å². The lowest BCUT2D eigenvalue weighted by Gasteiger charge is -2.20. The zero-order valence-electron chi connectivity index (χ0n) is 13.1. The first-order valence-corrected chi connectivity index (χ1v) is 7.97. The van der Waals surface area contributed by atoms with Crippen molar-refractivity contribution < 1.29 is 4.74 Å². The molecule has 0 heterocycles. The molecule has 0 spiro atoms. The average Bonchev–Trinajstić information content (AvgIpc) is 3.23. The molecule has 1 N–H and O–H groups in total. The summed E-state index contributed by atoms with van der Waals surface area (Å²) in [5, 5.41) is 3.56. The third-order valence-corrected chi connectivity index (χ3v) is 4.34. The second-order valence-corrected chi connectivity index (χ2v) is 6.50. The largest absolute Gasteiger partial charge is 0.383 e. The molecule has 1 fully saturated rings. The molecule has 3 atom stereocenters. The molecule has 0 aromatic heterocycles. The van der Waals surface area contributed by atoms with E-state index >= 15 is 0 Å². The third kappa shape index (κ3) is 4.60. The van der Waals surface area contributed by atoms with Crippen LogP contribution < -0.4 is 5.32 Å². The van der Waals surface area contributed by atoms with Gasteiger partial charge in [0.15, 0.2) is 0 Å². The lowest BCUT2D eigenvalue weighted by Crippen LogP contribution is -2.28. The molecule has 0 bridgehead atoms. The minimum Gasteiger partial charge on any atom is -0.383 e. The van der Waals surface area contributed by atoms with Crippen LogP contribution in [0, 0.1) is 17.8 Å². The smallest absolute Gasteiger partial charge is 0.0587 e. The van der Waals surface area contributed by atoms with Gasteiger partial charge in [0.2, 0.25) is 0 Å². The van der Waals surface area contributed by atoms with Crippen molar-refractivity contribution in [2.45, 2.75) is 32.6 Å². The second kappa shape index (κ2) is 7.80. The molecule has 0 saturated heterocycles. The van der Waals surface area contributed by atoms with E-state index in [4.69, 9.17) is 4.74 Å². The van der Waals surface area contributed by atoms with Crippen molar-refractivity contribution >= 4 is 0 Å². The van der Waals surface area contributed by atoms with Crippen molar-refractivity contribution in [3.05, 3.63) is 35.9 Å². The molecule has 1 aliphatic rings. The van der Waals surface area contributed by atoms with Gasteiger partial charge in [0, 0.05) is 13.7 Å². The molecule has 0 radical (unpaired) electrons. The van der Waals surface area contributed by atoms with Gasteiger partial charge in [0.1, 0.15) is 0 Å². The van der Waals surface area contributed by atoms with Crippen LogP contribution in [-0.4, -0.2) is 26.8 Å². The van der Waals surface area contributed by atoms with Crippen molar-refractivity contribution in [3.8, 4) is 0 Å². The van der Waals surface area contributed by atoms with Gasteiger partial charge in [-0.1, -0.05) is 44.2 Å². The van der Waals surface area contributed by atoms with Gasteiger partial charge in [0.05, 0.1) is 6.61 Å². The number of methoxy groups -OCH3 is 1. The fourth-order valence-electron chi connectivity index (χ4n) is 3.30. The molecule has 1 saturated carbocycles. The molecule has 1 aromatic carbocycles. The van der Waals surface area contributed by atoms with E-state index in [1.165, 1.54) is 18.4 Å². The van der Waals surface area contributed by atoms with Gasteiger partial charge in [-0.2, -0.15) is 0 Å². The maximum atomic E-state index is 5.11. The molecule has 0 amide bonds. The Morgan fingerprint density at radius 1 is 1.25 bits per heavy atom. The first-order chi connectivity index (χ1) is 9.72. The molecule has 2 nitrogen and oxygen atoms in total. The molecule has 0 aliphatic heterocycles. The number of rotatable bonds is 9. The predicted octanol–water partition coefficient (Wildman–Crippen LogP) is 3.69. The maximum absolute atomic E-state index is 5.11. The molecule has 2 heteroatoms. The van der Waals surface area contributed by atoms with E-state index in [0.717, 1.165) is 43.4 Å². The van der Waals surface area contributed by atoms with Crippen LogP contribution in [0.15, 0.2) is 30.3 Å². The lowest BCUT2D eigenvalue weighted by molar-refractivity contribution is 0.196. The van der Waals surface area contributed by atoms with E-state index in [2.05, 4.69) is 49.5 Å². The summed E-state index contributed by atoms with van der Waals surface area (Å²) < 4.78 is 5.11. The van der Waals surface area contributed by atoms with Crippen LogP contribution in [0.3, 0.4) is 0 Å². The first kappa shape index (κ1) is 15.5. The first-order valence-electron chi connectivity index (χ1n) is 7.97. The van der Waals surface area contributed by atoms with Gasteiger partial charge < -0.3 is 10.1 Å². The number of nitrogens with one attached hydrogen (secondary N) is 1. The van der Waals surface area contributed by atoms with Crippen molar-refractivity contribution in [3.63, 3.8) is 0 Å². The van der Waals surface area contributed by atoms with Crippen LogP contribution in [0.1, 0.15) is 38.2 Å². The Bertz CT molecular complexity index is 376. The highest BCUT2D eigenvalue weighted by atomic mass is 16.5. The Labute approximate surface area is 123 Å². The summed E-state index contributed by atoms with van der Waals surface area (Å²) in [6.45, 7) is 7.58. The van der Waals surface area contributed by atoms with Crippen molar-refractivity contribution in [2.24, 2.45) is 17.8 Å². The lowest BCUT2D eigenvalue weighted by atomic mass is 9.90. The minimum atomic E-state index is 0.779. The van der Waals surface area contributed by atoms with E-state index < -0.39 is 0 Å². The Morgan fingerprint density at radius 3 is 2.65 bits per heavy atom. The Hall–Kier alpha value is -0.860. The summed E-state index contributed by atoms with van der Waals surface area (Å²) in [7, 11) is 1.76. The SMILES string of the molecule is COCCNCC(CC(C)C)C1CC1c1ccccc1. The van der Waals surface area contributed by atoms with Crippen LogP contribution in [-0.2, 0) is 4.74 Å². The van der Waals surface area contributed by atoms with E-state index in [1.54, 1.807) is 7.11 Å². The molecule has 1 aromatic rings. The van der Waals surface area contributed by atoms with Crippen LogP contribution in [0.2, 0.25) is 0 Å².